The maximum Gasteiger partial charge on any atom is 0.0177 e. The molecule has 0 bridgehead atoms. The molecule has 0 fully saturated rings. The molecule has 2 rings (SSSR count). The lowest BCUT2D eigenvalue weighted by molar-refractivity contribution is 0.795. The van der Waals surface area contributed by atoms with E-state index in [0.717, 1.165) is 0 Å². The summed E-state index contributed by atoms with van der Waals surface area (Å²) in [6.07, 6.45) is 6.21. The molecule has 0 amide bonds. The average molecular weight is 333 g/mol. The van der Waals surface area contributed by atoms with Crippen LogP contribution in [-0.2, 0) is 12.8 Å². The van der Waals surface area contributed by atoms with Crippen molar-refractivity contribution in [2.24, 2.45) is 0 Å². The van der Waals surface area contributed by atoms with Gasteiger partial charge in [-0.2, -0.15) is 0 Å². The zero-order valence-corrected chi connectivity index (χ0v) is 14.2. The molecule has 0 unspecified atom stereocenters. The van der Waals surface area contributed by atoms with Crippen LogP contribution in [0, 0.1) is 0 Å². The van der Waals surface area contributed by atoms with Crippen LogP contribution in [0.5, 0.6) is 0 Å². The molecule has 0 aromatic heterocycles. The molecule has 0 saturated heterocycles. The van der Waals surface area contributed by atoms with E-state index in [0.29, 0.717) is 0 Å². The molecule has 0 saturated carbocycles. The van der Waals surface area contributed by atoms with E-state index in [1.165, 1.54) is 47.7 Å². The van der Waals surface area contributed by atoms with Gasteiger partial charge in [-0.3, -0.25) is 0 Å². The van der Waals surface area contributed by atoms with Crippen LogP contribution in [0.15, 0.2) is 59.1 Å². The third-order valence-electron chi connectivity index (χ3n) is 3.09. The molecule has 1 heteroatoms. The van der Waals surface area contributed by atoms with Crippen LogP contribution in [-0.4, -0.2) is 0 Å². The quantitative estimate of drug-likeness (QED) is 0.591. The molecule has 0 aliphatic carbocycles. The number of benzene rings is 2. The van der Waals surface area contributed by atoms with Crippen LogP contribution < -0.4 is 0 Å². The molecule has 2 aromatic rings. The summed E-state index contributed by atoms with van der Waals surface area (Å²) in [7, 11) is 0. The molecule has 20 heavy (non-hydrogen) atoms. The maximum absolute atomic E-state index is 3.45. The van der Waals surface area contributed by atoms with Crippen molar-refractivity contribution in [3.63, 3.8) is 0 Å². The van der Waals surface area contributed by atoms with Gasteiger partial charge in [-0.15, -0.1) is 0 Å². The highest BCUT2D eigenvalue weighted by Gasteiger charge is 1.91. The van der Waals surface area contributed by atoms with Crippen molar-refractivity contribution < 1.29 is 0 Å². The van der Waals surface area contributed by atoms with Crippen molar-refractivity contribution >= 4 is 15.9 Å². The monoisotopic (exact) mass is 332 g/mol. The van der Waals surface area contributed by atoms with Gasteiger partial charge in [0.2, 0.25) is 0 Å². The summed E-state index contributed by atoms with van der Waals surface area (Å²) in [5, 5.41) is 0. The molecule has 0 aliphatic heterocycles. The molecular weight excluding hydrogens is 308 g/mol. The van der Waals surface area contributed by atoms with E-state index in [1.54, 1.807) is 0 Å². The van der Waals surface area contributed by atoms with Gasteiger partial charge in [0, 0.05) is 4.47 Å². The van der Waals surface area contributed by atoms with Gasteiger partial charge in [-0.1, -0.05) is 85.1 Å². The van der Waals surface area contributed by atoms with Crippen molar-refractivity contribution in [1.29, 1.82) is 0 Å². The SMILES string of the molecule is CCCCc1cccc(Br)c1.CCCc1ccccc1. The fraction of sp³-hybridized carbons (Fsp3) is 0.368. The second-order valence-electron chi connectivity index (χ2n) is 4.97. The van der Waals surface area contributed by atoms with Crippen LogP contribution >= 0.6 is 15.9 Å². The maximum atomic E-state index is 3.45. The zero-order valence-electron chi connectivity index (χ0n) is 12.6. The van der Waals surface area contributed by atoms with E-state index in [1.807, 2.05) is 0 Å². The topological polar surface area (TPSA) is 0 Å². The van der Waals surface area contributed by atoms with Crippen molar-refractivity contribution in [3.8, 4) is 0 Å². The van der Waals surface area contributed by atoms with Crippen LogP contribution in [0.4, 0.5) is 0 Å². The van der Waals surface area contributed by atoms with Crippen LogP contribution in [0.3, 0.4) is 0 Å². The largest absolute Gasteiger partial charge is 0.0654 e. The summed E-state index contributed by atoms with van der Waals surface area (Å²) in [5.74, 6) is 0. The van der Waals surface area contributed by atoms with Crippen LogP contribution in [0.25, 0.3) is 0 Å². The number of rotatable bonds is 5. The predicted octanol–water partition coefficient (Wildman–Crippen LogP) is 6.43. The Hall–Kier alpha value is -1.08. The number of hydrogen-bond acceptors (Lipinski definition) is 0. The normalized spacial score (nSPS) is 9.75. The smallest absolute Gasteiger partial charge is 0.0177 e. The highest BCUT2D eigenvalue weighted by Crippen LogP contribution is 2.13. The van der Waals surface area contributed by atoms with Crippen molar-refractivity contribution in [1.82, 2.24) is 0 Å². The first-order valence-electron chi connectivity index (χ1n) is 7.54. The third-order valence-corrected chi connectivity index (χ3v) is 3.58. The van der Waals surface area contributed by atoms with Gasteiger partial charge < -0.3 is 0 Å². The number of hydrogen-bond donors (Lipinski definition) is 0. The van der Waals surface area contributed by atoms with E-state index in [4.69, 9.17) is 0 Å². The number of aryl methyl sites for hydroxylation is 2. The van der Waals surface area contributed by atoms with E-state index in [9.17, 15) is 0 Å². The molecule has 108 valence electrons. The summed E-state index contributed by atoms with van der Waals surface area (Å²) in [4.78, 5) is 0. The van der Waals surface area contributed by atoms with Gasteiger partial charge in [-0.05, 0) is 42.5 Å². The fourth-order valence-electron chi connectivity index (χ4n) is 2.01. The van der Waals surface area contributed by atoms with Gasteiger partial charge in [-0.25, -0.2) is 0 Å². The second-order valence-corrected chi connectivity index (χ2v) is 5.88. The molecule has 0 spiro atoms. The van der Waals surface area contributed by atoms with E-state index < -0.39 is 0 Å². The van der Waals surface area contributed by atoms with E-state index in [2.05, 4.69) is 84.4 Å². The minimum atomic E-state index is 1.19. The fourth-order valence-corrected chi connectivity index (χ4v) is 2.45. The molecule has 0 radical (unpaired) electrons. The van der Waals surface area contributed by atoms with E-state index >= 15 is 0 Å². The van der Waals surface area contributed by atoms with Gasteiger partial charge in [0.25, 0.3) is 0 Å². The van der Waals surface area contributed by atoms with E-state index in [-0.39, 0.29) is 0 Å². The standard InChI is InChI=1S/C10H13Br.C9H12/c1-2-3-5-9-6-4-7-10(11)8-9;1-2-6-9-7-4-3-5-8-9/h4,6-8H,2-3,5H2,1H3;3-5,7-8H,2,6H2,1H3. The van der Waals surface area contributed by atoms with Crippen molar-refractivity contribution in [2.75, 3.05) is 0 Å². The molecular formula is C19H25Br. The Morgan fingerprint density at radius 1 is 0.750 bits per heavy atom. The average Bonchev–Trinajstić information content (AvgIpc) is 2.47. The lowest BCUT2D eigenvalue weighted by Crippen LogP contribution is -1.82. The summed E-state index contributed by atoms with van der Waals surface area (Å²) >= 11 is 3.45. The number of halogens is 1. The van der Waals surface area contributed by atoms with Gasteiger partial charge >= 0.3 is 0 Å². The molecule has 0 N–H and O–H groups in total. The van der Waals surface area contributed by atoms with Crippen LogP contribution in [0.1, 0.15) is 44.2 Å². The predicted molar refractivity (Wildman–Crippen MR) is 93.2 cm³/mol. The summed E-state index contributed by atoms with van der Waals surface area (Å²) in [6, 6.07) is 19.1. The summed E-state index contributed by atoms with van der Waals surface area (Å²) in [5.41, 5.74) is 2.88. The first-order chi connectivity index (χ1) is 9.76. The molecule has 0 atom stereocenters. The van der Waals surface area contributed by atoms with Gasteiger partial charge in [0.15, 0.2) is 0 Å². The highest BCUT2D eigenvalue weighted by atomic mass is 79.9. The lowest BCUT2D eigenvalue weighted by Gasteiger charge is -1.98. The van der Waals surface area contributed by atoms with Gasteiger partial charge in [0.05, 0.1) is 0 Å². The molecule has 0 nitrogen and oxygen atoms in total. The summed E-state index contributed by atoms with van der Waals surface area (Å²) in [6.45, 7) is 4.42. The van der Waals surface area contributed by atoms with Crippen molar-refractivity contribution in [2.45, 2.75) is 46.0 Å². The third kappa shape index (κ3) is 7.49. The summed E-state index contributed by atoms with van der Waals surface area (Å²) < 4.78 is 1.19. The molecule has 2 aromatic carbocycles. The minimum absolute atomic E-state index is 1.19. The highest BCUT2D eigenvalue weighted by molar-refractivity contribution is 9.10. The first-order valence-corrected chi connectivity index (χ1v) is 8.34. The molecule has 0 aliphatic rings. The Bertz CT molecular complexity index is 462. The first kappa shape index (κ1) is 17.0. The Kier molecular flexibility index (Phi) is 9.06. The van der Waals surface area contributed by atoms with Crippen LogP contribution in [0.2, 0.25) is 0 Å². The minimum Gasteiger partial charge on any atom is -0.0654 e. The number of unbranched alkanes of at least 4 members (excludes halogenated alkanes) is 1. The Morgan fingerprint density at radius 3 is 2.05 bits per heavy atom. The Balaban J connectivity index is 0.000000204. The lowest BCUT2D eigenvalue weighted by atomic mass is 10.1. The molecule has 0 heterocycles. The zero-order chi connectivity index (χ0) is 14.6. The Labute approximate surface area is 132 Å². The van der Waals surface area contributed by atoms with Crippen molar-refractivity contribution in [3.05, 3.63) is 70.2 Å². The second kappa shape index (κ2) is 10.7. The Morgan fingerprint density at radius 2 is 1.45 bits per heavy atom. The van der Waals surface area contributed by atoms with Gasteiger partial charge in [0.1, 0.15) is 0 Å².